The highest BCUT2D eigenvalue weighted by Crippen LogP contribution is 2.27. The molecular weight excluding hydrogens is 363 g/mol. The van der Waals surface area contributed by atoms with Crippen LogP contribution in [-0.4, -0.2) is 39.3 Å². The molecule has 0 aliphatic carbocycles. The number of nitrogens with one attached hydrogen (secondary N) is 2. The number of alkyl halides is 3. The van der Waals surface area contributed by atoms with Crippen LogP contribution in [0.4, 0.5) is 19.1 Å². The number of hydrogen-bond donors (Lipinski definition) is 2. The lowest BCUT2D eigenvalue weighted by Crippen LogP contribution is -2.22. The Labute approximate surface area is 151 Å². The van der Waals surface area contributed by atoms with Crippen LogP contribution >= 0.6 is 0 Å². The highest BCUT2D eigenvalue weighted by Gasteiger charge is 2.27. The van der Waals surface area contributed by atoms with Crippen molar-refractivity contribution in [2.45, 2.75) is 19.5 Å². The van der Waals surface area contributed by atoms with Gasteiger partial charge in [0.25, 0.3) is 5.56 Å². The second-order valence-corrected chi connectivity index (χ2v) is 5.66. The van der Waals surface area contributed by atoms with Gasteiger partial charge in [-0.15, -0.1) is 0 Å². The van der Waals surface area contributed by atoms with Crippen LogP contribution in [0.3, 0.4) is 0 Å². The Hall–Kier alpha value is -3.17. The lowest BCUT2D eigenvalue weighted by atomic mass is 10.2. The van der Waals surface area contributed by atoms with E-state index in [1.807, 2.05) is 6.92 Å². The summed E-state index contributed by atoms with van der Waals surface area (Å²) in [4.78, 5) is 26.9. The predicted octanol–water partition coefficient (Wildman–Crippen LogP) is 3.14. The number of para-hydroxylation sites is 1. The Morgan fingerprint density at radius 3 is 2.74 bits per heavy atom. The Kier molecular flexibility index (Phi) is 5.24. The van der Waals surface area contributed by atoms with Crippen molar-refractivity contribution < 1.29 is 17.9 Å². The highest BCUT2D eigenvalue weighted by atomic mass is 19.4. The molecule has 0 aliphatic rings. The molecule has 7 nitrogen and oxygen atoms in total. The van der Waals surface area contributed by atoms with Gasteiger partial charge in [-0.25, -0.2) is 9.97 Å². The number of ether oxygens (including phenoxy) is 1. The van der Waals surface area contributed by atoms with Crippen LogP contribution in [0.2, 0.25) is 0 Å². The fourth-order valence-electron chi connectivity index (χ4n) is 2.32. The first-order valence-electron chi connectivity index (χ1n) is 8.17. The fraction of sp³-hybridized carbons (Fsp3) is 0.294. The minimum Gasteiger partial charge on any atom is -0.493 e. The standard InChI is InChI=1S/C17H16F3N5O2/c1-2-7-27-12-6-4-3-5-10(12)13-23-14-11(15(26)24-13)8-21-16(25-14)22-9-17(18,19)20/h3-6,8H,2,7,9H2,1H3,(H2,21,22,23,24,25,26). The lowest BCUT2D eigenvalue weighted by Gasteiger charge is -2.11. The monoisotopic (exact) mass is 379 g/mol. The molecule has 0 fully saturated rings. The Morgan fingerprint density at radius 2 is 2.00 bits per heavy atom. The fourth-order valence-corrected chi connectivity index (χ4v) is 2.32. The van der Waals surface area contributed by atoms with Crippen LogP contribution in [0, 0.1) is 0 Å². The number of anilines is 1. The smallest absolute Gasteiger partial charge is 0.405 e. The number of H-pyrrole nitrogens is 1. The summed E-state index contributed by atoms with van der Waals surface area (Å²) in [6, 6.07) is 7.01. The third-order valence-corrected chi connectivity index (χ3v) is 3.51. The van der Waals surface area contributed by atoms with Gasteiger partial charge in [0, 0.05) is 6.20 Å². The number of halogens is 3. The molecule has 142 valence electrons. The molecule has 0 radical (unpaired) electrons. The molecule has 0 atom stereocenters. The van der Waals surface area contributed by atoms with Crippen molar-refractivity contribution in [1.29, 1.82) is 0 Å². The summed E-state index contributed by atoms with van der Waals surface area (Å²) in [5.41, 5.74) is 0.0368. The van der Waals surface area contributed by atoms with E-state index in [1.165, 1.54) is 0 Å². The van der Waals surface area contributed by atoms with Gasteiger partial charge in [-0.1, -0.05) is 19.1 Å². The maximum Gasteiger partial charge on any atom is 0.405 e. The van der Waals surface area contributed by atoms with Crippen molar-refractivity contribution >= 4 is 17.0 Å². The summed E-state index contributed by atoms with van der Waals surface area (Å²) < 4.78 is 42.7. The van der Waals surface area contributed by atoms with E-state index < -0.39 is 18.3 Å². The van der Waals surface area contributed by atoms with Crippen LogP contribution in [0.15, 0.2) is 35.3 Å². The molecular formula is C17H16F3N5O2. The summed E-state index contributed by atoms with van der Waals surface area (Å²) in [5, 5.41) is 2.14. The summed E-state index contributed by atoms with van der Waals surface area (Å²) in [7, 11) is 0. The topological polar surface area (TPSA) is 92.8 Å². The maximum atomic E-state index is 12.3. The van der Waals surface area contributed by atoms with E-state index >= 15 is 0 Å². The van der Waals surface area contributed by atoms with Crippen LogP contribution < -0.4 is 15.6 Å². The zero-order valence-corrected chi connectivity index (χ0v) is 14.3. The molecule has 2 N–H and O–H groups in total. The number of rotatable bonds is 6. The molecule has 1 aromatic carbocycles. The first-order valence-corrected chi connectivity index (χ1v) is 8.17. The molecule has 0 saturated carbocycles. The van der Waals surface area contributed by atoms with Crippen LogP contribution in [0.25, 0.3) is 22.4 Å². The molecule has 0 saturated heterocycles. The van der Waals surface area contributed by atoms with E-state index in [9.17, 15) is 18.0 Å². The molecule has 3 aromatic rings. The molecule has 3 rings (SSSR count). The SMILES string of the molecule is CCCOc1ccccc1-c1nc2nc(NCC(F)(F)F)ncc2c(=O)[nH]1. The molecule has 27 heavy (non-hydrogen) atoms. The summed E-state index contributed by atoms with van der Waals surface area (Å²) in [6.45, 7) is 1.16. The Morgan fingerprint density at radius 1 is 1.22 bits per heavy atom. The number of hydrogen-bond acceptors (Lipinski definition) is 6. The summed E-state index contributed by atoms with van der Waals surface area (Å²) in [6.07, 6.45) is -2.48. The molecule has 0 aliphatic heterocycles. The normalized spacial score (nSPS) is 11.6. The van der Waals surface area contributed by atoms with Crippen molar-refractivity contribution in [3.8, 4) is 17.1 Å². The molecule has 0 bridgehead atoms. The van der Waals surface area contributed by atoms with Gasteiger partial charge in [0.2, 0.25) is 5.95 Å². The number of aromatic amines is 1. The van der Waals surface area contributed by atoms with Gasteiger partial charge in [0.15, 0.2) is 5.65 Å². The average Bonchev–Trinajstić information content (AvgIpc) is 2.64. The Balaban J connectivity index is 2.02. The third-order valence-electron chi connectivity index (χ3n) is 3.51. The van der Waals surface area contributed by atoms with E-state index in [4.69, 9.17) is 4.74 Å². The minimum atomic E-state index is -4.42. The van der Waals surface area contributed by atoms with E-state index in [0.29, 0.717) is 17.9 Å². The van der Waals surface area contributed by atoms with E-state index in [-0.39, 0.29) is 22.8 Å². The van der Waals surface area contributed by atoms with Crippen molar-refractivity contribution in [3.05, 3.63) is 40.8 Å². The molecule has 0 spiro atoms. The predicted molar refractivity (Wildman–Crippen MR) is 93.7 cm³/mol. The van der Waals surface area contributed by atoms with E-state index in [1.54, 1.807) is 24.3 Å². The van der Waals surface area contributed by atoms with Gasteiger partial charge >= 0.3 is 6.18 Å². The molecule has 0 amide bonds. The van der Waals surface area contributed by atoms with Crippen molar-refractivity contribution in [2.75, 3.05) is 18.5 Å². The van der Waals surface area contributed by atoms with Gasteiger partial charge in [0.1, 0.15) is 23.5 Å². The van der Waals surface area contributed by atoms with Crippen LogP contribution in [0.1, 0.15) is 13.3 Å². The van der Waals surface area contributed by atoms with Gasteiger partial charge in [0.05, 0.1) is 12.2 Å². The van der Waals surface area contributed by atoms with E-state index in [0.717, 1.165) is 12.6 Å². The average molecular weight is 379 g/mol. The first kappa shape index (κ1) is 18.6. The van der Waals surface area contributed by atoms with Gasteiger partial charge in [-0.05, 0) is 18.6 Å². The van der Waals surface area contributed by atoms with Crippen LogP contribution in [0.5, 0.6) is 5.75 Å². The number of nitrogens with zero attached hydrogens (tertiary/aromatic N) is 3. The second kappa shape index (κ2) is 7.60. The quantitative estimate of drug-likeness (QED) is 0.684. The summed E-state index contributed by atoms with van der Waals surface area (Å²) in [5.74, 6) is 0.477. The van der Waals surface area contributed by atoms with Gasteiger partial charge in [-0.2, -0.15) is 18.2 Å². The number of fused-ring (bicyclic) bond motifs is 1. The zero-order valence-electron chi connectivity index (χ0n) is 14.3. The molecule has 2 aromatic heterocycles. The van der Waals surface area contributed by atoms with Gasteiger partial charge in [-0.3, -0.25) is 4.79 Å². The lowest BCUT2D eigenvalue weighted by molar-refractivity contribution is -0.115. The Bertz CT molecular complexity index is 1000. The van der Waals surface area contributed by atoms with Crippen molar-refractivity contribution in [1.82, 2.24) is 19.9 Å². The summed E-state index contributed by atoms with van der Waals surface area (Å²) >= 11 is 0. The first-order chi connectivity index (χ1) is 12.9. The van der Waals surface area contributed by atoms with Crippen LogP contribution in [-0.2, 0) is 0 Å². The number of aromatic nitrogens is 4. The number of benzene rings is 1. The molecule has 2 heterocycles. The minimum absolute atomic E-state index is 0.0151. The van der Waals surface area contributed by atoms with Crippen molar-refractivity contribution in [3.63, 3.8) is 0 Å². The van der Waals surface area contributed by atoms with E-state index in [2.05, 4.69) is 25.3 Å². The third kappa shape index (κ3) is 4.52. The largest absolute Gasteiger partial charge is 0.493 e. The maximum absolute atomic E-state index is 12.3. The van der Waals surface area contributed by atoms with Crippen molar-refractivity contribution in [2.24, 2.45) is 0 Å². The zero-order chi connectivity index (χ0) is 19.4. The second-order valence-electron chi connectivity index (χ2n) is 5.66. The highest BCUT2D eigenvalue weighted by molar-refractivity contribution is 5.77. The van der Waals surface area contributed by atoms with Gasteiger partial charge < -0.3 is 15.0 Å². The molecule has 0 unspecified atom stereocenters. The molecule has 10 heteroatoms.